The Bertz CT molecular complexity index is 425. The van der Waals surface area contributed by atoms with Crippen molar-refractivity contribution >= 4 is 6.03 Å². The zero-order valence-electron chi connectivity index (χ0n) is 12.4. The molecule has 0 bridgehead atoms. The van der Waals surface area contributed by atoms with Gasteiger partial charge >= 0.3 is 6.03 Å². The van der Waals surface area contributed by atoms with Crippen LogP contribution in [0.2, 0.25) is 0 Å². The Kier molecular flexibility index (Phi) is 5.27. The van der Waals surface area contributed by atoms with E-state index in [9.17, 15) is 4.79 Å². The van der Waals surface area contributed by atoms with E-state index >= 15 is 0 Å². The Morgan fingerprint density at radius 1 is 1.25 bits per heavy atom. The highest BCUT2D eigenvalue weighted by molar-refractivity contribution is 5.74. The van der Waals surface area contributed by atoms with Crippen LogP contribution in [-0.4, -0.2) is 31.1 Å². The molecular formula is C16H24N2O2. The molecule has 0 aliphatic heterocycles. The zero-order valence-corrected chi connectivity index (χ0v) is 12.4. The molecule has 1 aliphatic rings. The summed E-state index contributed by atoms with van der Waals surface area (Å²) in [5, 5.41) is 3.12. The zero-order chi connectivity index (χ0) is 14.4. The number of methoxy groups -OCH3 is 1. The SMILES string of the molecule is COc1ccc(CN(C)C(=O)NC2CCCCC2)cc1. The van der Waals surface area contributed by atoms with Gasteiger partial charge in [-0.3, -0.25) is 0 Å². The van der Waals surface area contributed by atoms with Gasteiger partial charge < -0.3 is 15.0 Å². The molecule has 2 rings (SSSR count). The minimum absolute atomic E-state index is 0.0210. The van der Waals surface area contributed by atoms with E-state index in [2.05, 4.69) is 5.32 Å². The molecule has 0 unspecified atom stereocenters. The first-order valence-corrected chi connectivity index (χ1v) is 7.33. The van der Waals surface area contributed by atoms with Crippen LogP contribution in [0.15, 0.2) is 24.3 Å². The molecule has 1 fully saturated rings. The van der Waals surface area contributed by atoms with Gasteiger partial charge in [0.1, 0.15) is 5.75 Å². The van der Waals surface area contributed by atoms with E-state index in [1.807, 2.05) is 31.3 Å². The van der Waals surface area contributed by atoms with Gasteiger partial charge in [-0.05, 0) is 30.5 Å². The number of urea groups is 1. The summed E-state index contributed by atoms with van der Waals surface area (Å²) >= 11 is 0. The predicted molar refractivity (Wildman–Crippen MR) is 79.9 cm³/mol. The van der Waals surface area contributed by atoms with Crippen molar-refractivity contribution in [2.24, 2.45) is 0 Å². The van der Waals surface area contributed by atoms with Crippen LogP contribution in [0.1, 0.15) is 37.7 Å². The number of hydrogen-bond donors (Lipinski definition) is 1. The molecule has 1 aromatic carbocycles. The first-order chi connectivity index (χ1) is 9.69. The largest absolute Gasteiger partial charge is 0.497 e. The van der Waals surface area contributed by atoms with Crippen molar-refractivity contribution < 1.29 is 9.53 Å². The summed E-state index contributed by atoms with van der Waals surface area (Å²) in [7, 11) is 3.49. The van der Waals surface area contributed by atoms with Crippen LogP contribution in [0.4, 0.5) is 4.79 Å². The number of carbonyl (C=O) groups excluding carboxylic acids is 1. The fraction of sp³-hybridized carbons (Fsp3) is 0.562. The van der Waals surface area contributed by atoms with Crippen LogP contribution >= 0.6 is 0 Å². The van der Waals surface area contributed by atoms with Crippen LogP contribution in [0, 0.1) is 0 Å². The Hall–Kier alpha value is -1.71. The molecule has 0 radical (unpaired) electrons. The molecule has 4 nitrogen and oxygen atoms in total. The third-order valence-corrected chi connectivity index (χ3v) is 3.86. The fourth-order valence-electron chi connectivity index (χ4n) is 2.61. The molecule has 0 aromatic heterocycles. The maximum Gasteiger partial charge on any atom is 0.317 e. The molecule has 0 spiro atoms. The highest BCUT2D eigenvalue weighted by atomic mass is 16.5. The number of nitrogens with one attached hydrogen (secondary N) is 1. The first-order valence-electron chi connectivity index (χ1n) is 7.33. The maximum absolute atomic E-state index is 12.1. The number of benzene rings is 1. The van der Waals surface area contributed by atoms with Gasteiger partial charge in [0.2, 0.25) is 0 Å². The van der Waals surface area contributed by atoms with E-state index in [-0.39, 0.29) is 6.03 Å². The average molecular weight is 276 g/mol. The quantitative estimate of drug-likeness (QED) is 0.917. The molecule has 1 saturated carbocycles. The second-order valence-corrected chi connectivity index (χ2v) is 5.49. The molecule has 0 saturated heterocycles. The van der Waals surface area contributed by atoms with Crippen molar-refractivity contribution in [2.75, 3.05) is 14.2 Å². The number of rotatable bonds is 4. The molecule has 1 aliphatic carbocycles. The monoisotopic (exact) mass is 276 g/mol. The standard InChI is InChI=1S/C16H24N2O2/c1-18(12-13-8-10-15(20-2)11-9-13)16(19)17-14-6-4-3-5-7-14/h8-11,14H,3-7,12H2,1-2H3,(H,17,19). The van der Waals surface area contributed by atoms with Crippen molar-refractivity contribution in [3.8, 4) is 5.75 Å². The highest BCUT2D eigenvalue weighted by Gasteiger charge is 2.17. The van der Waals surface area contributed by atoms with Crippen molar-refractivity contribution in [2.45, 2.75) is 44.7 Å². The van der Waals surface area contributed by atoms with E-state index in [4.69, 9.17) is 4.74 Å². The summed E-state index contributed by atoms with van der Waals surface area (Å²) in [6.45, 7) is 0.614. The Balaban J connectivity index is 1.83. The summed E-state index contributed by atoms with van der Waals surface area (Å²) in [6, 6.07) is 8.19. The molecule has 0 atom stereocenters. The molecule has 1 aromatic rings. The van der Waals surface area contributed by atoms with Crippen LogP contribution in [-0.2, 0) is 6.54 Å². The number of hydrogen-bond acceptors (Lipinski definition) is 2. The van der Waals surface area contributed by atoms with Crippen LogP contribution in [0.3, 0.4) is 0 Å². The summed E-state index contributed by atoms with van der Waals surface area (Å²) in [4.78, 5) is 13.9. The lowest BCUT2D eigenvalue weighted by Crippen LogP contribution is -2.43. The number of ether oxygens (including phenoxy) is 1. The Labute approximate surface area is 121 Å². The van der Waals surface area contributed by atoms with Gasteiger partial charge in [0.05, 0.1) is 7.11 Å². The Morgan fingerprint density at radius 3 is 2.50 bits per heavy atom. The molecule has 110 valence electrons. The molecule has 20 heavy (non-hydrogen) atoms. The van der Waals surface area contributed by atoms with E-state index in [1.165, 1.54) is 19.3 Å². The van der Waals surface area contributed by atoms with E-state index in [0.717, 1.165) is 24.2 Å². The van der Waals surface area contributed by atoms with E-state index in [0.29, 0.717) is 12.6 Å². The molecule has 4 heteroatoms. The third-order valence-electron chi connectivity index (χ3n) is 3.86. The molecule has 1 N–H and O–H groups in total. The minimum Gasteiger partial charge on any atom is -0.497 e. The van der Waals surface area contributed by atoms with Crippen LogP contribution in [0.5, 0.6) is 5.75 Å². The summed E-state index contributed by atoms with van der Waals surface area (Å²) < 4.78 is 5.13. The van der Waals surface area contributed by atoms with Gasteiger partial charge in [-0.25, -0.2) is 4.79 Å². The second-order valence-electron chi connectivity index (χ2n) is 5.49. The van der Waals surface area contributed by atoms with E-state index < -0.39 is 0 Å². The lowest BCUT2D eigenvalue weighted by atomic mass is 9.96. The predicted octanol–water partition coefficient (Wildman–Crippen LogP) is 3.17. The Morgan fingerprint density at radius 2 is 1.90 bits per heavy atom. The van der Waals surface area contributed by atoms with Crippen molar-refractivity contribution in [3.05, 3.63) is 29.8 Å². The average Bonchev–Trinajstić information content (AvgIpc) is 2.49. The summed E-state index contributed by atoms with van der Waals surface area (Å²) in [5.74, 6) is 0.836. The third kappa shape index (κ3) is 4.15. The maximum atomic E-state index is 12.1. The van der Waals surface area contributed by atoms with Crippen molar-refractivity contribution in [1.82, 2.24) is 10.2 Å². The number of carbonyl (C=O) groups is 1. The van der Waals surface area contributed by atoms with Crippen LogP contribution < -0.4 is 10.1 Å². The second kappa shape index (κ2) is 7.17. The normalized spacial score (nSPS) is 15.7. The van der Waals surface area contributed by atoms with Crippen molar-refractivity contribution in [3.63, 3.8) is 0 Å². The van der Waals surface area contributed by atoms with Gasteiger partial charge in [-0.2, -0.15) is 0 Å². The van der Waals surface area contributed by atoms with Gasteiger partial charge in [-0.1, -0.05) is 31.4 Å². The summed E-state index contributed by atoms with van der Waals surface area (Å²) in [5.41, 5.74) is 1.10. The molecule has 0 heterocycles. The lowest BCUT2D eigenvalue weighted by molar-refractivity contribution is 0.198. The molecule has 2 amide bonds. The summed E-state index contributed by atoms with van der Waals surface area (Å²) in [6.07, 6.45) is 5.98. The lowest BCUT2D eigenvalue weighted by Gasteiger charge is -2.26. The fourth-order valence-corrected chi connectivity index (χ4v) is 2.61. The van der Waals surface area contributed by atoms with Gasteiger partial charge in [0.15, 0.2) is 0 Å². The van der Waals surface area contributed by atoms with Crippen LogP contribution in [0.25, 0.3) is 0 Å². The van der Waals surface area contributed by atoms with Gasteiger partial charge in [0.25, 0.3) is 0 Å². The number of amides is 2. The first kappa shape index (κ1) is 14.7. The van der Waals surface area contributed by atoms with Gasteiger partial charge in [-0.15, -0.1) is 0 Å². The topological polar surface area (TPSA) is 41.6 Å². The molecular weight excluding hydrogens is 252 g/mol. The number of nitrogens with zero attached hydrogens (tertiary/aromatic N) is 1. The highest BCUT2D eigenvalue weighted by Crippen LogP contribution is 2.18. The van der Waals surface area contributed by atoms with E-state index in [1.54, 1.807) is 12.0 Å². The van der Waals surface area contributed by atoms with Gasteiger partial charge in [0, 0.05) is 19.6 Å². The smallest absolute Gasteiger partial charge is 0.317 e. The minimum atomic E-state index is 0.0210. The van der Waals surface area contributed by atoms with Crippen molar-refractivity contribution in [1.29, 1.82) is 0 Å².